The molecule has 0 aromatic heterocycles. The highest BCUT2D eigenvalue weighted by Gasteiger charge is 2.37. The van der Waals surface area contributed by atoms with Crippen LogP contribution in [-0.2, 0) is 4.79 Å². The Labute approximate surface area is 123 Å². The number of carboxylic acids is 1. The van der Waals surface area contributed by atoms with Gasteiger partial charge in [0.1, 0.15) is 0 Å². The Bertz CT molecular complexity index is 546. The van der Waals surface area contributed by atoms with Crippen LogP contribution in [0.5, 0.6) is 0 Å². The molecule has 0 fully saturated rings. The minimum absolute atomic E-state index is 0.224. The molecule has 0 aliphatic carbocycles. The van der Waals surface area contributed by atoms with Crippen LogP contribution in [0.25, 0.3) is 0 Å². The van der Waals surface area contributed by atoms with Crippen molar-refractivity contribution in [1.29, 1.82) is 0 Å². The van der Waals surface area contributed by atoms with Gasteiger partial charge in [-0.25, -0.2) is 0 Å². The third-order valence-corrected chi connectivity index (χ3v) is 3.95. The Morgan fingerprint density at radius 3 is 2.10 bits per heavy atom. The molecule has 2 atom stereocenters. The van der Waals surface area contributed by atoms with E-state index in [-0.39, 0.29) is 17.9 Å². The van der Waals surface area contributed by atoms with E-state index in [9.17, 15) is 14.4 Å². The van der Waals surface area contributed by atoms with Gasteiger partial charge in [0, 0.05) is 6.04 Å². The summed E-state index contributed by atoms with van der Waals surface area (Å²) in [6.07, 6.45) is 1.83. The van der Waals surface area contributed by atoms with Crippen molar-refractivity contribution < 1.29 is 19.5 Å². The number of aliphatic carboxylic acids is 1. The lowest BCUT2D eigenvalue weighted by Crippen LogP contribution is -2.38. The molecular weight excluding hydrogens is 270 g/mol. The van der Waals surface area contributed by atoms with Gasteiger partial charge in [0.15, 0.2) is 0 Å². The molecule has 0 spiro atoms. The van der Waals surface area contributed by atoms with Gasteiger partial charge < -0.3 is 5.11 Å². The fraction of sp³-hybridized carbons (Fsp3) is 0.438. The van der Waals surface area contributed by atoms with Gasteiger partial charge in [-0.2, -0.15) is 0 Å². The zero-order chi connectivity index (χ0) is 15.6. The molecule has 2 unspecified atom stereocenters. The predicted molar refractivity (Wildman–Crippen MR) is 77.1 cm³/mol. The van der Waals surface area contributed by atoms with Crippen molar-refractivity contribution in [3.05, 3.63) is 35.4 Å². The molecule has 1 aliphatic rings. The fourth-order valence-electron chi connectivity index (χ4n) is 2.58. The van der Waals surface area contributed by atoms with Gasteiger partial charge in [-0.15, -0.1) is 0 Å². The first-order valence-electron chi connectivity index (χ1n) is 7.13. The van der Waals surface area contributed by atoms with Crippen LogP contribution in [0.2, 0.25) is 0 Å². The summed E-state index contributed by atoms with van der Waals surface area (Å²) in [6.45, 7) is 3.49. The highest BCUT2D eigenvalue weighted by Crippen LogP contribution is 2.26. The van der Waals surface area contributed by atoms with Crippen LogP contribution >= 0.6 is 0 Å². The molecule has 5 heteroatoms. The lowest BCUT2D eigenvalue weighted by Gasteiger charge is -2.22. The highest BCUT2D eigenvalue weighted by molar-refractivity contribution is 6.21. The molecule has 1 heterocycles. The molecule has 1 N–H and O–H groups in total. The van der Waals surface area contributed by atoms with Crippen molar-refractivity contribution >= 4 is 17.8 Å². The van der Waals surface area contributed by atoms with Crippen molar-refractivity contribution in [2.75, 3.05) is 0 Å². The number of nitrogens with zero attached hydrogens (tertiary/aromatic N) is 1. The topological polar surface area (TPSA) is 74.7 Å². The first-order valence-corrected chi connectivity index (χ1v) is 7.13. The van der Waals surface area contributed by atoms with Crippen molar-refractivity contribution in [1.82, 2.24) is 4.90 Å². The van der Waals surface area contributed by atoms with Crippen molar-refractivity contribution in [2.45, 2.75) is 39.2 Å². The normalized spacial score (nSPS) is 16.8. The zero-order valence-corrected chi connectivity index (χ0v) is 12.2. The van der Waals surface area contributed by atoms with Gasteiger partial charge >= 0.3 is 5.97 Å². The summed E-state index contributed by atoms with van der Waals surface area (Å²) in [6, 6.07) is 6.58. The van der Waals surface area contributed by atoms with E-state index in [0.29, 0.717) is 30.4 Å². The Kier molecular flexibility index (Phi) is 4.40. The maximum atomic E-state index is 12.3. The molecule has 112 valence electrons. The van der Waals surface area contributed by atoms with Gasteiger partial charge in [-0.3, -0.25) is 19.3 Å². The number of carbonyl (C=O) groups is 3. The Hall–Kier alpha value is -2.17. The highest BCUT2D eigenvalue weighted by atomic mass is 16.4. The molecular formula is C16H19NO4. The van der Waals surface area contributed by atoms with Gasteiger partial charge in [-0.05, 0) is 31.9 Å². The van der Waals surface area contributed by atoms with Crippen LogP contribution in [0.15, 0.2) is 24.3 Å². The number of hydrogen-bond acceptors (Lipinski definition) is 3. The van der Waals surface area contributed by atoms with Gasteiger partial charge in [0.05, 0.1) is 17.0 Å². The summed E-state index contributed by atoms with van der Waals surface area (Å²) in [7, 11) is 0. The smallest absolute Gasteiger partial charge is 0.306 e. The number of hydrogen-bond donors (Lipinski definition) is 1. The molecule has 1 aromatic rings. The summed E-state index contributed by atoms with van der Waals surface area (Å²) in [5.74, 6) is -1.73. The first-order chi connectivity index (χ1) is 9.93. The minimum Gasteiger partial charge on any atom is -0.481 e. The van der Waals surface area contributed by atoms with E-state index in [1.165, 1.54) is 4.90 Å². The number of imide groups is 1. The summed E-state index contributed by atoms with van der Waals surface area (Å²) in [5, 5.41) is 8.84. The fourth-order valence-corrected chi connectivity index (χ4v) is 2.58. The Morgan fingerprint density at radius 1 is 1.10 bits per heavy atom. The second-order valence-corrected chi connectivity index (χ2v) is 5.55. The molecule has 2 rings (SSSR count). The molecule has 1 aliphatic heterocycles. The van der Waals surface area contributed by atoms with E-state index in [1.54, 1.807) is 31.2 Å². The molecule has 21 heavy (non-hydrogen) atoms. The number of fused-ring (bicyclic) bond motifs is 1. The van der Waals surface area contributed by atoms with Crippen LogP contribution in [0.1, 0.15) is 53.8 Å². The third-order valence-electron chi connectivity index (χ3n) is 3.95. The van der Waals surface area contributed by atoms with E-state index in [4.69, 9.17) is 5.11 Å². The predicted octanol–water partition coefficient (Wildman–Crippen LogP) is 2.56. The number of rotatable bonds is 6. The van der Waals surface area contributed by atoms with Gasteiger partial charge in [0.2, 0.25) is 0 Å². The van der Waals surface area contributed by atoms with Crippen molar-refractivity contribution in [2.24, 2.45) is 5.92 Å². The number of carboxylic acid groups (broad SMARTS) is 1. The summed E-state index contributed by atoms with van der Waals surface area (Å²) >= 11 is 0. The molecule has 0 saturated heterocycles. The quantitative estimate of drug-likeness (QED) is 0.817. The van der Waals surface area contributed by atoms with Crippen LogP contribution in [0.3, 0.4) is 0 Å². The maximum absolute atomic E-state index is 12.3. The second-order valence-electron chi connectivity index (χ2n) is 5.55. The Morgan fingerprint density at radius 2 is 1.62 bits per heavy atom. The molecule has 0 radical (unpaired) electrons. The van der Waals surface area contributed by atoms with E-state index >= 15 is 0 Å². The standard InChI is InChI=1S/C16H19NO4/c1-10(16(20)21)6-5-7-11(2)17-14(18)12-8-3-4-9-13(12)15(17)19/h3-4,8-11H,5-7H2,1-2H3,(H,20,21). The molecule has 1 aromatic carbocycles. The average Bonchev–Trinajstić information content (AvgIpc) is 2.71. The van der Waals surface area contributed by atoms with Crippen LogP contribution in [0.4, 0.5) is 0 Å². The van der Waals surface area contributed by atoms with Crippen molar-refractivity contribution in [3.63, 3.8) is 0 Å². The van der Waals surface area contributed by atoms with Crippen LogP contribution in [0, 0.1) is 5.92 Å². The van der Waals surface area contributed by atoms with E-state index in [0.717, 1.165) is 0 Å². The molecule has 2 amide bonds. The molecule has 0 bridgehead atoms. The SMILES string of the molecule is CC(CCCC(C)N1C(=O)c2ccccc2C1=O)C(=O)O. The maximum Gasteiger partial charge on any atom is 0.306 e. The number of benzene rings is 1. The zero-order valence-electron chi connectivity index (χ0n) is 12.2. The van der Waals surface area contributed by atoms with Crippen LogP contribution in [-0.4, -0.2) is 33.8 Å². The second kappa shape index (κ2) is 6.08. The van der Waals surface area contributed by atoms with Gasteiger partial charge in [0.25, 0.3) is 11.8 Å². The average molecular weight is 289 g/mol. The van der Waals surface area contributed by atoms with E-state index in [2.05, 4.69) is 0 Å². The summed E-state index contributed by atoms with van der Waals surface area (Å²) in [5.41, 5.74) is 0.904. The summed E-state index contributed by atoms with van der Waals surface area (Å²) < 4.78 is 0. The van der Waals surface area contributed by atoms with E-state index < -0.39 is 11.9 Å². The monoisotopic (exact) mass is 289 g/mol. The number of carbonyl (C=O) groups excluding carboxylic acids is 2. The number of amides is 2. The Balaban J connectivity index is 1.98. The molecule has 5 nitrogen and oxygen atoms in total. The largest absolute Gasteiger partial charge is 0.481 e. The minimum atomic E-state index is -0.816. The van der Waals surface area contributed by atoms with Crippen LogP contribution < -0.4 is 0 Å². The van der Waals surface area contributed by atoms with E-state index in [1.807, 2.05) is 6.92 Å². The molecule has 0 saturated carbocycles. The first kappa shape index (κ1) is 15.2. The van der Waals surface area contributed by atoms with Gasteiger partial charge in [-0.1, -0.05) is 25.5 Å². The van der Waals surface area contributed by atoms with Crippen molar-refractivity contribution in [3.8, 4) is 0 Å². The lowest BCUT2D eigenvalue weighted by atomic mass is 10.0. The third kappa shape index (κ3) is 2.96. The lowest BCUT2D eigenvalue weighted by molar-refractivity contribution is -0.141. The summed E-state index contributed by atoms with van der Waals surface area (Å²) in [4.78, 5) is 36.6.